The van der Waals surface area contributed by atoms with Crippen LogP contribution >= 0.6 is 0 Å². The Morgan fingerprint density at radius 3 is 2.36 bits per heavy atom. The Hall–Kier alpha value is -1.84. The van der Waals surface area contributed by atoms with Crippen LogP contribution in [0.15, 0.2) is 12.1 Å². The molecule has 0 aliphatic heterocycles. The first-order valence-corrected chi connectivity index (χ1v) is 6.61. The third kappa shape index (κ3) is 3.67. The van der Waals surface area contributed by atoms with E-state index in [1.807, 2.05) is 0 Å². The number of benzene rings is 1. The quantitative estimate of drug-likeness (QED) is 0.586. The molecule has 0 fully saturated rings. The summed E-state index contributed by atoms with van der Waals surface area (Å²) in [5.41, 5.74) is 4.00. The molecule has 6 nitrogen and oxygen atoms in total. The number of ketones is 1. The highest BCUT2D eigenvalue weighted by Gasteiger charge is 2.30. The van der Waals surface area contributed by atoms with Crippen LogP contribution < -0.4 is 11.2 Å². The topological polar surface area (TPSA) is 104 Å². The first-order chi connectivity index (χ1) is 10.2. The zero-order chi connectivity index (χ0) is 17.0. The molecular formula is C13H17BF2N2O4. The third-order valence-corrected chi connectivity index (χ3v) is 3.24. The van der Waals surface area contributed by atoms with Crippen LogP contribution in [0, 0.1) is 11.6 Å². The summed E-state index contributed by atoms with van der Waals surface area (Å²) in [6.45, 7) is 2.68. The first kappa shape index (κ1) is 18.2. The molecule has 0 spiro atoms. The van der Waals surface area contributed by atoms with Crippen molar-refractivity contribution in [1.29, 1.82) is 0 Å². The summed E-state index contributed by atoms with van der Waals surface area (Å²) in [6.07, 6.45) is 0. The summed E-state index contributed by atoms with van der Waals surface area (Å²) in [5, 5.41) is 18.0. The summed E-state index contributed by atoms with van der Waals surface area (Å²) in [5.74, 6) is -3.60. The molecule has 1 amide bonds. The highest BCUT2D eigenvalue weighted by molar-refractivity contribution is 6.58. The molecule has 0 saturated heterocycles. The van der Waals surface area contributed by atoms with Gasteiger partial charge in [0.05, 0.1) is 5.56 Å². The molecule has 0 radical (unpaired) electrons. The number of hydrogen-bond acceptors (Lipinski definition) is 5. The fraction of sp³-hybridized carbons (Fsp3) is 0.385. The minimum Gasteiger partial charge on any atom is -0.423 e. The van der Waals surface area contributed by atoms with Gasteiger partial charge in [0.2, 0.25) is 0 Å². The standard InChI is InChI=1S/C13H17BF2N2O4/c1-3-18(11(6-17)7(2)19)13(20)9-4-8(15)5-10(12(9)16)14(21)22/h4-5,11,21-22H,3,6,17H2,1-2H3/t11-/m1/s1. The molecular weight excluding hydrogens is 297 g/mol. The van der Waals surface area contributed by atoms with Gasteiger partial charge in [0, 0.05) is 18.6 Å². The van der Waals surface area contributed by atoms with Crippen molar-refractivity contribution in [1.82, 2.24) is 4.90 Å². The molecule has 22 heavy (non-hydrogen) atoms. The molecule has 0 aromatic heterocycles. The van der Waals surface area contributed by atoms with Crippen LogP contribution in [0.4, 0.5) is 8.78 Å². The number of carbonyl (C=O) groups is 2. The lowest BCUT2D eigenvalue weighted by atomic mass is 9.78. The number of amides is 1. The maximum absolute atomic E-state index is 14.2. The third-order valence-electron chi connectivity index (χ3n) is 3.24. The highest BCUT2D eigenvalue weighted by atomic mass is 19.1. The molecule has 4 N–H and O–H groups in total. The van der Waals surface area contributed by atoms with Gasteiger partial charge in [-0.25, -0.2) is 8.78 Å². The Bertz CT molecular complexity index is 583. The normalized spacial score (nSPS) is 12.0. The Morgan fingerprint density at radius 2 is 1.95 bits per heavy atom. The largest absolute Gasteiger partial charge is 0.491 e. The van der Waals surface area contributed by atoms with Crippen LogP contribution in [0.3, 0.4) is 0 Å². The van der Waals surface area contributed by atoms with Crippen LogP contribution in [0.5, 0.6) is 0 Å². The zero-order valence-electron chi connectivity index (χ0n) is 12.2. The predicted molar refractivity (Wildman–Crippen MR) is 76.4 cm³/mol. The van der Waals surface area contributed by atoms with E-state index in [4.69, 9.17) is 15.8 Å². The number of hydrogen-bond donors (Lipinski definition) is 3. The average molecular weight is 314 g/mol. The molecule has 1 rings (SSSR count). The van der Waals surface area contributed by atoms with Gasteiger partial charge in [0.25, 0.3) is 5.91 Å². The van der Waals surface area contributed by atoms with E-state index in [0.29, 0.717) is 12.1 Å². The van der Waals surface area contributed by atoms with Crippen LogP contribution in [0.25, 0.3) is 0 Å². The van der Waals surface area contributed by atoms with Crippen LogP contribution in [-0.4, -0.2) is 52.9 Å². The monoisotopic (exact) mass is 314 g/mol. The average Bonchev–Trinajstić information content (AvgIpc) is 2.45. The van der Waals surface area contributed by atoms with Crippen LogP contribution in [0.1, 0.15) is 24.2 Å². The van der Waals surface area contributed by atoms with E-state index in [1.165, 1.54) is 6.92 Å². The van der Waals surface area contributed by atoms with Crippen molar-refractivity contribution in [3.05, 3.63) is 29.3 Å². The van der Waals surface area contributed by atoms with Gasteiger partial charge in [0.15, 0.2) is 5.78 Å². The minimum atomic E-state index is -2.27. The van der Waals surface area contributed by atoms with E-state index in [0.717, 1.165) is 4.90 Å². The summed E-state index contributed by atoms with van der Waals surface area (Å²) in [4.78, 5) is 24.9. The van der Waals surface area contributed by atoms with Crippen molar-refractivity contribution >= 4 is 24.3 Å². The van der Waals surface area contributed by atoms with Gasteiger partial charge in [-0.05, 0) is 26.0 Å². The number of likely N-dealkylation sites (N-methyl/N-ethyl adjacent to an activating group) is 1. The molecule has 1 aromatic rings. The number of rotatable bonds is 6. The molecule has 0 aliphatic carbocycles. The van der Waals surface area contributed by atoms with E-state index in [-0.39, 0.29) is 13.1 Å². The molecule has 0 bridgehead atoms. The fourth-order valence-corrected chi connectivity index (χ4v) is 2.13. The fourth-order valence-electron chi connectivity index (χ4n) is 2.13. The number of nitrogens with zero attached hydrogens (tertiary/aromatic N) is 1. The Labute approximate surface area is 126 Å². The van der Waals surface area contributed by atoms with Gasteiger partial charge in [-0.2, -0.15) is 0 Å². The Kier molecular flexibility index (Phi) is 6.16. The first-order valence-electron chi connectivity index (χ1n) is 6.61. The maximum atomic E-state index is 14.2. The summed E-state index contributed by atoms with van der Waals surface area (Å²) >= 11 is 0. The molecule has 0 heterocycles. The predicted octanol–water partition coefficient (Wildman–Crippen LogP) is -0.977. The smallest absolute Gasteiger partial charge is 0.423 e. The minimum absolute atomic E-state index is 0.0489. The van der Waals surface area contributed by atoms with Gasteiger partial charge in [-0.3, -0.25) is 9.59 Å². The summed E-state index contributed by atoms with van der Waals surface area (Å²) < 4.78 is 27.7. The second-order valence-corrected chi connectivity index (χ2v) is 4.68. The lowest BCUT2D eigenvalue weighted by Gasteiger charge is -2.28. The molecule has 9 heteroatoms. The van der Waals surface area contributed by atoms with Gasteiger partial charge >= 0.3 is 7.12 Å². The van der Waals surface area contributed by atoms with E-state index in [2.05, 4.69) is 0 Å². The van der Waals surface area contributed by atoms with Gasteiger partial charge < -0.3 is 20.7 Å². The van der Waals surface area contributed by atoms with E-state index < -0.39 is 47.5 Å². The van der Waals surface area contributed by atoms with E-state index in [1.54, 1.807) is 6.92 Å². The SMILES string of the molecule is CCN(C(=O)c1cc(F)cc(B(O)O)c1F)[C@H](CN)C(C)=O. The van der Waals surface area contributed by atoms with Crippen LogP contribution in [0.2, 0.25) is 0 Å². The Balaban J connectivity index is 3.34. The van der Waals surface area contributed by atoms with E-state index >= 15 is 0 Å². The van der Waals surface area contributed by atoms with Gasteiger partial charge in [0.1, 0.15) is 17.7 Å². The van der Waals surface area contributed by atoms with Gasteiger partial charge in [-0.1, -0.05) is 0 Å². The molecule has 1 aromatic carbocycles. The number of carbonyl (C=O) groups excluding carboxylic acids is 2. The van der Waals surface area contributed by atoms with Crippen molar-refractivity contribution in [3.63, 3.8) is 0 Å². The Morgan fingerprint density at radius 1 is 1.36 bits per heavy atom. The molecule has 120 valence electrons. The maximum Gasteiger partial charge on any atom is 0.491 e. The number of nitrogens with two attached hydrogens (primary N) is 1. The number of halogens is 2. The molecule has 0 unspecified atom stereocenters. The number of Topliss-reactive ketones (excluding diaryl/α,β-unsaturated/α-hetero) is 1. The lowest BCUT2D eigenvalue weighted by molar-refractivity contribution is -0.121. The molecule has 0 saturated carbocycles. The van der Waals surface area contributed by atoms with Crippen molar-refractivity contribution in [2.75, 3.05) is 13.1 Å². The summed E-state index contributed by atoms with van der Waals surface area (Å²) in [6, 6.07) is 0.251. The van der Waals surface area contributed by atoms with Crippen molar-refractivity contribution < 1.29 is 28.4 Å². The van der Waals surface area contributed by atoms with Crippen molar-refractivity contribution in [2.45, 2.75) is 19.9 Å². The molecule has 0 aliphatic rings. The zero-order valence-corrected chi connectivity index (χ0v) is 12.2. The lowest BCUT2D eigenvalue weighted by Crippen LogP contribution is -2.49. The van der Waals surface area contributed by atoms with Crippen molar-refractivity contribution in [3.8, 4) is 0 Å². The van der Waals surface area contributed by atoms with Crippen molar-refractivity contribution in [2.24, 2.45) is 5.73 Å². The summed E-state index contributed by atoms with van der Waals surface area (Å²) in [7, 11) is -2.27. The van der Waals surface area contributed by atoms with E-state index in [9.17, 15) is 18.4 Å². The van der Waals surface area contributed by atoms with Crippen LogP contribution in [-0.2, 0) is 4.79 Å². The molecule has 1 atom stereocenters. The van der Waals surface area contributed by atoms with Gasteiger partial charge in [-0.15, -0.1) is 0 Å². The highest BCUT2D eigenvalue weighted by Crippen LogP contribution is 2.14. The second kappa shape index (κ2) is 7.43. The second-order valence-electron chi connectivity index (χ2n) is 4.68.